The van der Waals surface area contributed by atoms with Gasteiger partial charge in [-0.2, -0.15) is 0 Å². The Labute approximate surface area is 128 Å². The molecule has 5 N–H and O–H groups in total. The molecule has 0 aliphatic carbocycles. The zero-order valence-corrected chi connectivity index (χ0v) is 12.2. The van der Waals surface area contributed by atoms with Gasteiger partial charge in [0.1, 0.15) is 0 Å². The molecule has 1 unspecified atom stereocenters. The van der Waals surface area contributed by atoms with Gasteiger partial charge in [0.05, 0.1) is 7.11 Å². The fraction of sp³-hybridized carbons (Fsp3) is 0.125. The average Bonchev–Trinajstić information content (AvgIpc) is 2.55. The first-order valence-electron chi connectivity index (χ1n) is 6.80. The number of benzene rings is 1. The maximum absolute atomic E-state index is 6.38. The van der Waals surface area contributed by atoms with Crippen molar-refractivity contribution in [2.45, 2.75) is 5.79 Å². The third-order valence-corrected chi connectivity index (χ3v) is 3.43. The summed E-state index contributed by atoms with van der Waals surface area (Å²) in [6.45, 7) is 0. The SMILES string of the molecule is COc1ccc(C2=CC=NC(N)(c3cccc(N)c3)N2)cn1. The van der Waals surface area contributed by atoms with E-state index in [4.69, 9.17) is 16.2 Å². The lowest BCUT2D eigenvalue weighted by molar-refractivity contribution is 0.397. The predicted octanol–water partition coefficient (Wildman–Crippen LogP) is 1.46. The van der Waals surface area contributed by atoms with Gasteiger partial charge in [0.25, 0.3) is 0 Å². The van der Waals surface area contributed by atoms with E-state index in [-0.39, 0.29) is 0 Å². The smallest absolute Gasteiger partial charge is 0.212 e. The summed E-state index contributed by atoms with van der Waals surface area (Å²) >= 11 is 0. The molecule has 0 saturated heterocycles. The van der Waals surface area contributed by atoms with Crippen LogP contribution in [0.1, 0.15) is 11.1 Å². The number of nitrogens with two attached hydrogens (primary N) is 2. The lowest BCUT2D eigenvalue weighted by Gasteiger charge is -2.31. The Morgan fingerprint density at radius 3 is 2.77 bits per heavy atom. The number of rotatable bonds is 3. The lowest BCUT2D eigenvalue weighted by atomic mass is 10.0. The van der Waals surface area contributed by atoms with Crippen molar-refractivity contribution < 1.29 is 4.74 Å². The molecule has 3 rings (SSSR count). The Kier molecular flexibility index (Phi) is 3.52. The molecule has 0 amide bonds. The van der Waals surface area contributed by atoms with Crippen LogP contribution in [-0.2, 0) is 5.79 Å². The van der Waals surface area contributed by atoms with Crippen molar-refractivity contribution in [2.24, 2.45) is 10.7 Å². The van der Waals surface area contributed by atoms with E-state index in [1.165, 1.54) is 0 Å². The molecule has 2 aromatic rings. The van der Waals surface area contributed by atoms with Crippen molar-refractivity contribution in [1.29, 1.82) is 0 Å². The van der Waals surface area contributed by atoms with Crippen molar-refractivity contribution in [3.05, 3.63) is 59.8 Å². The zero-order valence-electron chi connectivity index (χ0n) is 12.2. The van der Waals surface area contributed by atoms with Gasteiger partial charge in [-0.1, -0.05) is 12.1 Å². The second-order valence-electron chi connectivity index (χ2n) is 4.96. The highest BCUT2D eigenvalue weighted by molar-refractivity contribution is 5.86. The van der Waals surface area contributed by atoms with E-state index in [9.17, 15) is 0 Å². The number of hydrogen-bond donors (Lipinski definition) is 3. The van der Waals surface area contributed by atoms with Crippen LogP contribution in [0.15, 0.2) is 53.7 Å². The normalized spacial score (nSPS) is 20.2. The molecule has 1 aromatic carbocycles. The van der Waals surface area contributed by atoms with E-state index in [2.05, 4.69) is 15.3 Å². The van der Waals surface area contributed by atoms with Crippen molar-refractivity contribution >= 4 is 17.6 Å². The number of nitrogens with zero attached hydrogens (tertiary/aromatic N) is 2. The minimum atomic E-state index is -1.06. The number of aromatic nitrogens is 1. The van der Waals surface area contributed by atoms with Gasteiger partial charge < -0.3 is 15.8 Å². The second kappa shape index (κ2) is 5.50. The summed E-state index contributed by atoms with van der Waals surface area (Å²) in [6.07, 6.45) is 5.25. The van der Waals surface area contributed by atoms with Gasteiger partial charge in [-0.25, -0.2) is 9.98 Å². The van der Waals surface area contributed by atoms with E-state index in [0.29, 0.717) is 11.6 Å². The highest BCUT2D eigenvalue weighted by atomic mass is 16.5. The summed E-state index contributed by atoms with van der Waals surface area (Å²) in [7, 11) is 1.58. The molecule has 0 fully saturated rings. The number of methoxy groups -OCH3 is 1. The van der Waals surface area contributed by atoms with Crippen LogP contribution in [0, 0.1) is 0 Å². The van der Waals surface area contributed by atoms with Crippen LogP contribution < -0.4 is 21.5 Å². The van der Waals surface area contributed by atoms with E-state index in [1.807, 2.05) is 30.3 Å². The molecule has 1 aliphatic heterocycles. The highest BCUT2D eigenvalue weighted by Gasteiger charge is 2.29. The summed E-state index contributed by atoms with van der Waals surface area (Å²) in [5.41, 5.74) is 15.4. The molecule has 0 spiro atoms. The predicted molar refractivity (Wildman–Crippen MR) is 87.1 cm³/mol. The Morgan fingerprint density at radius 2 is 2.09 bits per heavy atom. The lowest BCUT2D eigenvalue weighted by Crippen LogP contribution is -2.49. The molecule has 0 saturated carbocycles. The average molecular weight is 295 g/mol. The maximum Gasteiger partial charge on any atom is 0.212 e. The third-order valence-electron chi connectivity index (χ3n) is 3.43. The van der Waals surface area contributed by atoms with E-state index >= 15 is 0 Å². The number of anilines is 1. The topological polar surface area (TPSA) is 98.5 Å². The maximum atomic E-state index is 6.38. The van der Waals surface area contributed by atoms with Crippen LogP contribution in [0.4, 0.5) is 5.69 Å². The standard InChI is InChI=1S/C16H17N5O/c1-22-15-6-5-11(10-19-15)14-7-8-20-16(18,21-14)12-3-2-4-13(17)9-12/h2-10,21H,17-18H2,1H3. The van der Waals surface area contributed by atoms with Crippen LogP contribution in [0.5, 0.6) is 5.88 Å². The van der Waals surface area contributed by atoms with Gasteiger partial charge in [-0.05, 0) is 24.3 Å². The van der Waals surface area contributed by atoms with Crippen molar-refractivity contribution in [3.63, 3.8) is 0 Å². The van der Waals surface area contributed by atoms with Crippen molar-refractivity contribution in [1.82, 2.24) is 10.3 Å². The number of nitrogen functional groups attached to an aromatic ring is 1. The second-order valence-corrected chi connectivity index (χ2v) is 4.96. The number of ether oxygens (including phenoxy) is 1. The van der Waals surface area contributed by atoms with Crippen LogP contribution in [0.25, 0.3) is 5.70 Å². The molecule has 6 nitrogen and oxygen atoms in total. The van der Waals surface area contributed by atoms with Crippen LogP contribution >= 0.6 is 0 Å². The summed E-state index contributed by atoms with van der Waals surface area (Å²) in [5.74, 6) is -0.497. The minimum absolute atomic E-state index is 0.559. The molecule has 22 heavy (non-hydrogen) atoms. The molecular weight excluding hydrogens is 278 g/mol. The van der Waals surface area contributed by atoms with E-state index in [0.717, 1.165) is 16.8 Å². The van der Waals surface area contributed by atoms with E-state index < -0.39 is 5.79 Å². The number of aliphatic imine (C=N–C) groups is 1. The fourth-order valence-corrected chi connectivity index (χ4v) is 2.26. The monoisotopic (exact) mass is 295 g/mol. The first-order valence-corrected chi connectivity index (χ1v) is 6.80. The van der Waals surface area contributed by atoms with Crippen molar-refractivity contribution in [2.75, 3.05) is 12.8 Å². The molecule has 1 atom stereocenters. The molecule has 0 bridgehead atoms. The first kappa shape index (κ1) is 14.1. The number of allylic oxidation sites excluding steroid dienone is 1. The third kappa shape index (κ3) is 2.64. The largest absolute Gasteiger partial charge is 0.481 e. The van der Waals surface area contributed by atoms with Gasteiger partial charge in [0.15, 0.2) is 0 Å². The van der Waals surface area contributed by atoms with E-state index in [1.54, 1.807) is 31.7 Å². The van der Waals surface area contributed by atoms with Crippen LogP contribution in [0.3, 0.4) is 0 Å². The van der Waals surface area contributed by atoms with Gasteiger partial charge in [-0.3, -0.25) is 5.73 Å². The summed E-state index contributed by atoms with van der Waals surface area (Å²) in [6, 6.07) is 11.0. The van der Waals surface area contributed by atoms with Crippen molar-refractivity contribution in [3.8, 4) is 5.88 Å². The molecule has 112 valence electrons. The highest BCUT2D eigenvalue weighted by Crippen LogP contribution is 2.26. The molecule has 2 heterocycles. The number of pyridine rings is 1. The quantitative estimate of drug-likeness (QED) is 0.745. The zero-order chi connectivity index (χ0) is 15.6. The van der Waals surface area contributed by atoms with Gasteiger partial charge in [0.2, 0.25) is 11.7 Å². The van der Waals surface area contributed by atoms with Crippen LogP contribution in [0.2, 0.25) is 0 Å². The Bertz CT molecular complexity index is 738. The molecule has 6 heteroatoms. The fourth-order valence-electron chi connectivity index (χ4n) is 2.26. The Balaban J connectivity index is 1.90. The van der Waals surface area contributed by atoms with Gasteiger partial charge in [-0.15, -0.1) is 0 Å². The first-order chi connectivity index (χ1) is 10.6. The summed E-state index contributed by atoms with van der Waals surface area (Å²) < 4.78 is 5.06. The minimum Gasteiger partial charge on any atom is -0.481 e. The molecule has 1 aliphatic rings. The number of hydrogen-bond acceptors (Lipinski definition) is 6. The number of nitrogens with one attached hydrogen (secondary N) is 1. The Morgan fingerprint density at radius 1 is 1.23 bits per heavy atom. The van der Waals surface area contributed by atoms with Gasteiger partial charge in [0, 0.05) is 41.0 Å². The summed E-state index contributed by atoms with van der Waals surface area (Å²) in [4.78, 5) is 8.55. The van der Waals surface area contributed by atoms with Crippen LogP contribution in [-0.4, -0.2) is 18.3 Å². The molecule has 1 aromatic heterocycles. The molecule has 0 radical (unpaired) electrons. The molecular formula is C16H17N5O. The summed E-state index contributed by atoms with van der Waals surface area (Å²) in [5, 5.41) is 3.23. The Hall–Kier alpha value is -2.86. The van der Waals surface area contributed by atoms with Gasteiger partial charge >= 0.3 is 0 Å².